The average molecular weight is 643 g/mol. The van der Waals surface area contributed by atoms with Crippen molar-refractivity contribution in [2.45, 2.75) is 138 Å². The molecule has 5 rings (SSSR count). The molecule has 258 valence electrons. The summed E-state index contributed by atoms with van der Waals surface area (Å²) < 4.78 is 11.9. The molecule has 0 aromatic carbocycles. The van der Waals surface area contributed by atoms with Crippen molar-refractivity contribution < 1.29 is 38.9 Å². The highest BCUT2D eigenvalue weighted by molar-refractivity contribution is 5.77. The molecule has 10 atom stereocenters. The highest BCUT2D eigenvalue weighted by atomic mass is 16.5. The molecule has 0 bridgehead atoms. The SMILES string of the molecule is C=C(C)[C@H]1CC[C@@]2(COC(=O)CCC(=O)O)CC[C@]3(C)[C@@H](CC[C@@H]4[C@]5(C)CC[C@H](OC(=O)CCC(=O)O)C(C)(C)[C@@H]5CC[C@@]43C)[C@H]12. The van der Waals surface area contributed by atoms with E-state index in [4.69, 9.17) is 19.7 Å². The number of carbonyl (C=O) groups is 4. The van der Waals surface area contributed by atoms with E-state index in [2.05, 4.69) is 48.1 Å². The lowest BCUT2D eigenvalue weighted by molar-refractivity contribution is -0.252. The predicted octanol–water partition coefficient (Wildman–Crippen LogP) is 7.83. The van der Waals surface area contributed by atoms with Gasteiger partial charge >= 0.3 is 23.9 Å². The molecular formula is C38H58O8. The zero-order valence-corrected chi connectivity index (χ0v) is 29.1. The summed E-state index contributed by atoms with van der Waals surface area (Å²) in [6.45, 7) is 19.2. The van der Waals surface area contributed by atoms with Crippen LogP contribution in [0.5, 0.6) is 0 Å². The number of carbonyl (C=O) groups excluding carboxylic acids is 2. The minimum atomic E-state index is -0.980. The number of fused-ring (bicyclic) bond motifs is 7. The van der Waals surface area contributed by atoms with Crippen molar-refractivity contribution in [1.82, 2.24) is 0 Å². The summed E-state index contributed by atoms with van der Waals surface area (Å²) in [5.74, 6) is -0.505. The Bertz CT molecular complexity index is 1250. The van der Waals surface area contributed by atoms with Gasteiger partial charge in [-0.3, -0.25) is 19.2 Å². The molecule has 8 heteroatoms. The van der Waals surface area contributed by atoms with Gasteiger partial charge < -0.3 is 19.7 Å². The molecule has 5 aliphatic rings. The van der Waals surface area contributed by atoms with Gasteiger partial charge in [0.2, 0.25) is 0 Å². The Labute approximate surface area is 275 Å². The Morgan fingerprint density at radius 3 is 2.00 bits per heavy atom. The zero-order chi connectivity index (χ0) is 33.9. The molecule has 0 amide bonds. The quantitative estimate of drug-likeness (QED) is 0.182. The lowest BCUT2D eigenvalue weighted by atomic mass is 9.32. The lowest BCUT2D eigenvalue weighted by Crippen LogP contribution is -2.67. The van der Waals surface area contributed by atoms with Crippen LogP contribution in [-0.2, 0) is 28.7 Å². The number of hydrogen-bond acceptors (Lipinski definition) is 6. The molecule has 0 heterocycles. The molecule has 0 aromatic rings. The van der Waals surface area contributed by atoms with Crippen LogP contribution in [0.3, 0.4) is 0 Å². The van der Waals surface area contributed by atoms with Gasteiger partial charge in [0.1, 0.15) is 6.10 Å². The van der Waals surface area contributed by atoms with Gasteiger partial charge in [0, 0.05) is 10.8 Å². The maximum Gasteiger partial charge on any atom is 0.306 e. The summed E-state index contributed by atoms with van der Waals surface area (Å²) in [4.78, 5) is 47.3. The van der Waals surface area contributed by atoms with E-state index in [0.717, 1.165) is 64.2 Å². The van der Waals surface area contributed by atoms with E-state index in [1.807, 2.05) is 0 Å². The number of allylic oxidation sites excluding steroid dienone is 1. The third-order valence-electron chi connectivity index (χ3n) is 15.1. The maximum atomic E-state index is 12.6. The minimum absolute atomic E-state index is 0.0818. The second-order valence-corrected chi connectivity index (χ2v) is 17.3. The van der Waals surface area contributed by atoms with Crippen molar-refractivity contribution in [3.05, 3.63) is 12.2 Å². The van der Waals surface area contributed by atoms with E-state index in [1.165, 1.54) is 5.57 Å². The van der Waals surface area contributed by atoms with Crippen LogP contribution in [0.25, 0.3) is 0 Å². The van der Waals surface area contributed by atoms with Gasteiger partial charge in [0.15, 0.2) is 0 Å². The molecule has 0 spiro atoms. The van der Waals surface area contributed by atoms with Crippen LogP contribution in [0.15, 0.2) is 12.2 Å². The number of hydrogen-bond donors (Lipinski definition) is 2. The minimum Gasteiger partial charge on any atom is -0.481 e. The smallest absolute Gasteiger partial charge is 0.306 e. The third-order valence-corrected chi connectivity index (χ3v) is 15.1. The maximum absolute atomic E-state index is 12.6. The first-order chi connectivity index (χ1) is 21.4. The summed E-state index contributed by atoms with van der Waals surface area (Å²) in [6, 6.07) is 0. The summed E-state index contributed by atoms with van der Waals surface area (Å²) in [7, 11) is 0. The summed E-state index contributed by atoms with van der Waals surface area (Å²) in [5.41, 5.74) is 1.35. The highest BCUT2D eigenvalue weighted by Crippen LogP contribution is 2.77. The molecule has 5 aliphatic carbocycles. The van der Waals surface area contributed by atoms with Crippen LogP contribution in [0, 0.1) is 56.7 Å². The summed E-state index contributed by atoms with van der Waals surface area (Å²) in [6.07, 6.45) is 9.79. The zero-order valence-electron chi connectivity index (χ0n) is 29.1. The topological polar surface area (TPSA) is 127 Å². The van der Waals surface area contributed by atoms with Crippen LogP contribution in [0.2, 0.25) is 0 Å². The second kappa shape index (κ2) is 12.3. The normalized spacial score (nSPS) is 42.4. The fourth-order valence-electron chi connectivity index (χ4n) is 12.7. The highest BCUT2D eigenvalue weighted by Gasteiger charge is 2.71. The van der Waals surface area contributed by atoms with E-state index in [-0.39, 0.29) is 58.9 Å². The number of ether oxygens (including phenoxy) is 2. The Morgan fingerprint density at radius 1 is 0.717 bits per heavy atom. The van der Waals surface area contributed by atoms with Crippen LogP contribution >= 0.6 is 0 Å². The molecule has 0 unspecified atom stereocenters. The van der Waals surface area contributed by atoms with Crippen LogP contribution in [0.4, 0.5) is 0 Å². The van der Waals surface area contributed by atoms with Gasteiger partial charge in [-0.1, -0.05) is 46.8 Å². The van der Waals surface area contributed by atoms with Gasteiger partial charge in [-0.15, -0.1) is 0 Å². The van der Waals surface area contributed by atoms with E-state index >= 15 is 0 Å². The van der Waals surface area contributed by atoms with Crippen molar-refractivity contribution in [1.29, 1.82) is 0 Å². The van der Waals surface area contributed by atoms with Gasteiger partial charge in [0.05, 0.1) is 32.3 Å². The van der Waals surface area contributed by atoms with Gasteiger partial charge in [-0.05, 0) is 117 Å². The van der Waals surface area contributed by atoms with Crippen LogP contribution < -0.4 is 0 Å². The Hall–Kier alpha value is -2.38. The molecule has 46 heavy (non-hydrogen) atoms. The van der Waals surface area contributed by atoms with Crippen molar-refractivity contribution in [2.24, 2.45) is 56.7 Å². The molecule has 0 aliphatic heterocycles. The Balaban J connectivity index is 1.38. The molecule has 8 nitrogen and oxygen atoms in total. The van der Waals surface area contributed by atoms with Crippen molar-refractivity contribution >= 4 is 23.9 Å². The molecule has 0 saturated heterocycles. The predicted molar refractivity (Wildman–Crippen MR) is 174 cm³/mol. The molecule has 2 N–H and O–H groups in total. The first-order valence-corrected chi connectivity index (χ1v) is 17.9. The molecule has 5 fully saturated rings. The number of aliphatic carboxylic acids is 2. The average Bonchev–Trinajstić information content (AvgIpc) is 3.36. The molecule has 5 saturated carbocycles. The van der Waals surface area contributed by atoms with E-state index < -0.39 is 23.9 Å². The first-order valence-electron chi connectivity index (χ1n) is 17.9. The monoisotopic (exact) mass is 642 g/mol. The van der Waals surface area contributed by atoms with Crippen LogP contribution in [0.1, 0.15) is 131 Å². The standard InChI is InChI=1S/C38H58O8/c1-23(2)24-14-19-38(22-45-31(43)12-10-29(39)40)21-20-36(6)25(33(24)38)8-9-27-35(5)17-16-28(46-32(44)13-11-30(41)42)34(3,4)26(35)15-18-37(27,36)7/h24-28,33H,1,8-22H2,2-7H3,(H,39,40)(H,41,42)/t24-,25+,26+,27-,28+,33+,35-,36-,37+,38+/m1/s1. The van der Waals surface area contributed by atoms with Gasteiger partial charge in [-0.25, -0.2) is 0 Å². The van der Waals surface area contributed by atoms with Crippen molar-refractivity contribution in [3.63, 3.8) is 0 Å². The molecular weight excluding hydrogens is 584 g/mol. The Morgan fingerprint density at radius 2 is 1.37 bits per heavy atom. The number of esters is 2. The van der Waals surface area contributed by atoms with E-state index in [9.17, 15) is 19.2 Å². The number of rotatable bonds is 10. The summed E-state index contributed by atoms with van der Waals surface area (Å²) in [5, 5.41) is 18.1. The second-order valence-electron chi connectivity index (χ2n) is 17.3. The third kappa shape index (κ3) is 5.61. The lowest BCUT2D eigenvalue weighted by Gasteiger charge is -2.73. The van der Waals surface area contributed by atoms with Gasteiger partial charge in [-0.2, -0.15) is 0 Å². The molecule has 0 radical (unpaired) electrons. The fourth-order valence-corrected chi connectivity index (χ4v) is 12.7. The first kappa shape index (κ1) is 34.9. The fraction of sp³-hybridized carbons (Fsp3) is 0.842. The van der Waals surface area contributed by atoms with Gasteiger partial charge in [0.25, 0.3) is 0 Å². The summed E-state index contributed by atoms with van der Waals surface area (Å²) >= 11 is 0. The molecule has 0 aromatic heterocycles. The Kier molecular flexibility index (Phi) is 9.31. The number of carboxylic acid groups (broad SMARTS) is 2. The largest absolute Gasteiger partial charge is 0.481 e. The van der Waals surface area contributed by atoms with Crippen molar-refractivity contribution in [2.75, 3.05) is 6.61 Å². The van der Waals surface area contributed by atoms with E-state index in [1.54, 1.807) is 0 Å². The van der Waals surface area contributed by atoms with Crippen molar-refractivity contribution in [3.8, 4) is 0 Å². The van der Waals surface area contributed by atoms with Crippen LogP contribution in [-0.4, -0.2) is 46.8 Å². The van der Waals surface area contributed by atoms with E-state index in [0.29, 0.717) is 36.2 Å². The number of carboxylic acids is 2.